The summed E-state index contributed by atoms with van der Waals surface area (Å²) in [6.07, 6.45) is 0. The van der Waals surface area contributed by atoms with Crippen LogP contribution in [-0.2, 0) is 9.53 Å². The SMILES string of the molecule is C[C@H](NC(=O)COC(=O)c1cccc(Cl)c1)c1cc2ccccc2o1. The molecular weight excluding hydrogens is 342 g/mol. The number of para-hydroxylation sites is 1. The molecular formula is C19H16ClNO4. The van der Waals surface area contributed by atoms with E-state index in [2.05, 4.69) is 5.32 Å². The number of amides is 1. The Morgan fingerprint density at radius 2 is 1.96 bits per heavy atom. The van der Waals surface area contributed by atoms with E-state index in [0.29, 0.717) is 16.3 Å². The maximum absolute atomic E-state index is 12.0. The van der Waals surface area contributed by atoms with E-state index in [4.69, 9.17) is 20.8 Å². The molecule has 0 spiro atoms. The van der Waals surface area contributed by atoms with Crippen LogP contribution in [0, 0.1) is 0 Å². The highest BCUT2D eigenvalue weighted by Crippen LogP contribution is 2.23. The molecule has 0 saturated carbocycles. The first-order chi connectivity index (χ1) is 12.0. The fourth-order valence-electron chi connectivity index (χ4n) is 2.40. The molecule has 0 aliphatic rings. The van der Waals surface area contributed by atoms with Crippen LogP contribution in [0.3, 0.4) is 0 Å². The van der Waals surface area contributed by atoms with E-state index in [1.807, 2.05) is 30.3 Å². The first-order valence-electron chi connectivity index (χ1n) is 7.73. The van der Waals surface area contributed by atoms with Gasteiger partial charge in [-0.1, -0.05) is 35.9 Å². The summed E-state index contributed by atoms with van der Waals surface area (Å²) in [4.78, 5) is 23.9. The van der Waals surface area contributed by atoms with Crippen molar-refractivity contribution in [3.63, 3.8) is 0 Å². The Bertz CT molecular complexity index is 885. The second-order valence-corrected chi connectivity index (χ2v) is 6.00. The molecule has 1 amide bonds. The van der Waals surface area contributed by atoms with Crippen LogP contribution in [0.2, 0.25) is 5.02 Å². The standard InChI is InChI=1S/C19H16ClNO4/c1-12(17-10-13-5-2-3-8-16(13)25-17)21-18(22)11-24-19(23)14-6-4-7-15(20)9-14/h2-10,12H,11H2,1H3,(H,21,22)/t12-/m0/s1. The summed E-state index contributed by atoms with van der Waals surface area (Å²) in [5.41, 5.74) is 1.05. The average molecular weight is 358 g/mol. The first kappa shape index (κ1) is 17.0. The highest BCUT2D eigenvalue weighted by Gasteiger charge is 2.16. The smallest absolute Gasteiger partial charge is 0.338 e. The van der Waals surface area contributed by atoms with Crippen molar-refractivity contribution in [3.05, 3.63) is 70.9 Å². The Morgan fingerprint density at radius 3 is 2.72 bits per heavy atom. The Kier molecular flexibility index (Phi) is 5.05. The number of carbonyl (C=O) groups is 2. The maximum Gasteiger partial charge on any atom is 0.338 e. The van der Waals surface area contributed by atoms with E-state index in [-0.39, 0.29) is 12.6 Å². The van der Waals surface area contributed by atoms with Crippen LogP contribution in [0.25, 0.3) is 11.0 Å². The Balaban J connectivity index is 1.55. The van der Waals surface area contributed by atoms with Crippen LogP contribution in [0.1, 0.15) is 29.1 Å². The quantitative estimate of drug-likeness (QED) is 0.697. The van der Waals surface area contributed by atoms with Gasteiger partial charge in [0, 0.05) is 10.4 Å². The summed E-state index contributed by atoms with van der Waals surface area (Å²) < 4.78 is 10.7. The molecule has 1 atom stereocenters. The molecule has 2 aromatic carbocycles. The molecule has 3 rings (SSSR count). The third kappa shape index (κ3) is 4.19. The summed E-state index contributed by atoms with van der Waals surface area (Å²) in [7, 11) is 0. The maximum atomic E-state index is 12.0. The van der Waals surface area contributed by atoms with Crippen molar-refractivity contribution < 1.29 is 18.7 Å². The van der Waals surface area contributed by atoms with Gasteiger partial charge >= 0.3 is 5.97 Å². The average Bonchev–Trinajstić information content (AvgIpc) is 3.04. The lowest BCUT2D eigenvalue weighted by atomic mass is 10.2. The molecule has 3 aromatic rings. The third-order valence-electron chi connectivity index (χ3n) is 3.64. The molecule has 1 heterocycles. The van der Waals surface area contributed by atoms with Gasteiger partial charge in [-0.3, -0.25) is 4.79 Å². The van der Waals surface area contributed by atoms with Crippen LogP contribution in [0.15, 0.2) is 59.0 Å². The van der Waals surface area contributed by atoms with Crippen molar-refractivity contribution in [3.8, 4) is 0 Å². The molecule has 5 nitrogen and oxygen atoms in total. The second kappa shape index (κ2) is 7.40. The summed E-state index contributed by atoms with van der Waals surface area (Å²) in [5, 5.41) is 4.13. The number of hydrogen-bond donors (Lipinski definition) is 1. The summed E-state index contributed by atoms with van der Waals surface area (Å²) in [6.45, 7) is 1.42. The largest absolute Gasteiger partial charge is 0.459 e. The topological polar surface area (TPSA) is 68.5 Å². The minimum Gasteiger partial charge on any atom is -0.459 e. The number of esters is 1. The summed E-state index contributed by atoms with van der Waals surface area (Å²) in [5.74, 6) is -0.381. The molecule has 0 aliphatic carbocycles. The van der Waals surface area contributed by atoms with Crippen LogP contribution in [0.5, 0.6) is 0 Å². The van der Waals surface area contributed by atoms with Crippen LogP contribution >= 0.6 is 11.6 Å². The minimum atomic E-state index is -0.603. The fourth-order valence-corrected chi connectivity index (χ4v) is 2.59. The monoisotopic (exact) mass is 357 g/mol. The molecule has 128 valence electrons. The van der Waals surface area contributed by atoms with Crippen molar-refractivity contribution in [1.29, 1.82) is 0 Å². The molecule has 0 bridgehead atoms. The van der Waals surface area contributed by atoms with Gasteiger partial charge in [-0.05, 0) is 37.3 Å². The van der Waals surface area contributed by atoms with Gasteiger partial charge in [0.2, 0.25) is 0 Å². The highest BCUT2D eigenvalue weighted by molar-refractivity contribution is 6.30. The number of carbonyl (C=O) groups excluding carboxylic acids is 2. The zero-order valence-electron chi connectivity index (χ0n) is 13.5. The Labute approximate surface area is 149 Å². The summed E-state index contributed by atoms with van der Waals surface area (Å²) in [6, 6.07) is 15.5. The molecule has 0 aliphatic heterocycles. The van der Waals surface area contributed by atoms with Gasteiger partial charge in [-0.25, -0.2) is 4.79 Å². The molecule has 0 radical (unpaired) electrons. The molecule has 1 aromatic heterocycles. The van der Waals surface area contributed by atoms with E-state index in [0.717, 1.165) is 11.0 Å². The number of rotatable bonds is 5. The number of furan rings is 1. The van der Waals surface area contributed by atoms with Gasteiger partial charge in [-0.2, -0.15) is 0 Å². The fraction of sp³-hybridized carbons (Fsp3) is 0.158. The van der Waals surface area contributed by atoms with Crippen LogP contribution < -0.4 is 5.32 Å². The van der Waals surface area contributed by atoms with Gasteiger partial charge in [-0.15, -0.1) is 0 Å². The lowest BCUT2D eigenvalue weighted by Crippen LogP contribution is -2.31. The molecule has 0 fully saturated rings. The predicted octanol–water partition coefficient (Wildman–Crippen LogP) is 4.12. The highest BCUT2D eigenvalue weighted by atomic mass is 35.5. The van der Waals surface area contributed by atoms with E-state index >= 15 is 0 Å². The van der Waals surface area contributed by atoms with Crippen LogP contribution in [0.4, 0.5) is 0 Å². The molecule has 6 heteroatoms. The van der Waals surface area contributed by atoms with Crippen molar-refractivity contribution >= 4 is 34.4 Å². The van der Waals surface area contributed by atoms with E-state index in [1.54, 1.807) is 25.1 Å². The zero-order valence-corrected chi connectivity index (χ0v) is 14.2. The van der Waals surface area contributed by atoms with Gasteiger partial charge in [0.15, 0.2) is 6.61 Å². The minimum absolute atomic E-state index is 0.297. The lowest BCUT2D eigenvalue weighted by molar-refractivity contribution is -0.125. The van der Waals surface area contributed by atoms with Crippen molar-refractivity contribution in [1.82, 2.24) is 5.32 Å². The van der Waals surface area contributed by atoms with Gasteiger partial charge < -0.3 is 14.5 Å². The van der Waals surface area contributed by atoms with E-state index in [9.17, 15) is 9.59 Å². The van der Waals surface area contributed by atoms with Crippen molar-refractivity contribution in [2.75, 3.05) is 6.61 Å². The van der Waals surface area contributed by atoms with Gasteiger partial charge in [0.1, 0.15) is 11.3 Å². The molecule has 0 unspecified atom stereocenters. The van der Waals surface area contributed by atoms with Gasteiger partial charge in [0.25, 0.3) is 5.91 Å². The molecule has 1 N–H and O–H groups in total. The second-order valence-electron chi connectivity index (χ2n) is 5.56. The van der Waals surface area contributed by atoms with E-state index in [1.165, 1.54) is 6.07 Å². The zero-order chi connectivity index (χ0) is 17.8. The Hall–Kier alpha value is -2.79. The van der Waals surface area contributed by atoms with Crippen molar-refractivity contribution in [2.24, 2.45) is 0 Å². The Morgan fingerprint density at radius 1 is 1.16 bits per heavy atom. The van der Waals surface area contributed by atoms with E-state index < -0.39 is 11.9 Å². The predicted molar refractivity (Wildman–Crippen MR) is 94.5 cm³/mol. The van der Waals surface area contributed by atoms with Gasteiger partial charge in [0.05, 0.1) is 11.6 Å². The number of halogens is 1. The normalized spacial score (nSPS) is 11.9. The number of hydrogen-bond acceptors (Lipinski definition) is 4. The third-order valence-corrected chi connectivity index (χ3v) is 3.88. The first-order valence-corrected chi connectivity index (χ1v) is 8.11. The number of benzene rings is 2. The number of ether oxygens (including phenoxy) is 1. The molecule has 0 saturated heterocycles. The summed E-state index contributed by atoms with van der Waals surface area (Å²) >= 11 is 5.82. The number of nitrogens with one attached hydrogen (secondary N) is 1. The molecule has 25 heavy (non-hydrogen) atoms. The number of fused-ring (bicyclic) bond motifs is 1. The lowest BCUT2D eigenvalue weighted by Gasteiger charge is -2.11. The van der Waals surface area contributed by atoms with Crippen LogP contribution in [-0.4, -0.2) is 18.5 Å². The van der Waals surface area contributed by atoms with Crippen molar-refractivity contribution in [2.45, 2.75) is 13.0 Å².